The van der Waals surface area contributed by atoms with E-state index in [4.69, 9.17) is 4.74 Å². The Bertz CT molecular complexity index is 420. The molecule has 0 radical (unpaired) electrons. The van der Waals surface area contributed by atoms with Gasteiger partial charge in [0.25, 0.3) is 0 Å². The highest BCUT2D eigenvalue weighted by atomic mass is 16.5. The lowest BCUT2D eigenvalue weighted by molar-refractivity contribution is -0.146. The number of carbonyl (C=O) groups excluding carboxylic acids is 1. The maximum atomic E-state index is 12.2. The van der Waals surface area contributed by atoms with Crippen LogP contribution in [0.25, 0.3) is 0 Å². The number of rotatable bonds is 7. The highest BCUT2D eigenvalue weighted by molar-refractivity contribution is 5.77. The standard InChI is InChI=1S/C17H25NO2/c1-3-17(11-8-12-17)13-18-15(16(19)20-4-2)14-9-6-5-7-10-14/h5-7,9-10,15,18H,3-4,8,11-13H2,1-2H3. The molecule has 3 nitrogen and oxygen atoms in total. The van der Waals surface area contributed by atoms with E-state index in [0.717, 1.165) is 12.1 Å². The molecule has 0 saturated heterocycles. The lowest BCUT2D eigenvalue weighted by atomic mass is 9.67. The van der Waals surface area contributed by atoms with Gasteiger partial charge in [0.2, 0.25) is 0 Å². The van der Waals surface area contributed by atoms with Gasteiger partial charge in [-0.3, -0.25) is 0 Å². The van der Waals surface area contributed by atoms with Gasteiger partial charge in [-0.25, -0.2) is 4.79 Å². The van der Waals surface area contributed by atoms with Gasteiger partial charge < -0.3 is 10.1 Å². The molecule has 1 aliphatic rings. The van der Waals surface area contributed by atoms with Gasteiger partial charge in [0.15, 0.2) is 0 Å². The van der Waals surface area contributed by atoms with Gasteiger partial charge in [-0.15, -0.1) is 0 Å². The summed E-state index contributed by atoms with van der Waals surface area (Å²) >= 11 is 0. The number of benzene rings is 1. The Morgan fingerprint density at radius 2 is 2.00 bits per heavy atom. The van der Waals surface area contributed by atoms with Gasteiger partial charge in [-0.05, 0) is 37.2 Å². The molecular weight excluding hydrogens is 250 g/mol. The van der Waals surface area contributed by atoms with E-state index in [-0.39, 0.29) is 12.0 Å². The first-order valence-electron chi connectivity index (χ1n) is 7.66. The maximum absolute atomic E-state index is 12.2. The second-order valence-electron chi connectivity index (χ2n) is 5.68. The van der Waals surface area contributed by atoms with E-state index < -0.39 is 0 Å². The summed E-state index contributed by atoms with van der Waals surface area (Å²) in [5.41, 5.74) is 1.37. The molecule has 1 fully saturated rings. The molecule has 1 aliphatic carbocycles. The first-order chi connectivity index (χ1) is 9.71. The van der Waals surface area contributed by atoms with Crippen LogP contribution in [0.5, 0.6) is 0 Å². The van der Waals surface area contributed by atoms with Crippen molar-refractivity contribution in [3.8, 4) is 0 Å². The van der Waals surface area contributed by atoms with E-state index in [0.29, 0.717) is 12.0 Å². The molecule has 20 heavy (non-hydrogen) atoms. The van der Waals surface area contributed by atoms with Crippen LogP contribution >= 0.6 is 0 Å². The molecule has 0 spiro atoms. The van der Waals surface area contributed by atoms with Crippen molar-refractivity contribution in [3.05, 3.63) is 35.9 Å². The summed E-state index contributed by atoms with van der Waals surface area (Å²) in [4.78, 5) is 12.2. The Kier molecular flexibility index (Phi) is 5.18. The van der Waals surface area contributed by atoms with Crippen LogP contribution in [-0.4, -0.2) is 19.1 Å². The van der Waals surface area contributed by atoms with Gasteiger partial charge in [-0.2, -0.15) is 0 Å². The van der Waals surface area contributed by atoms with Gasteiger partial charge >= 0.3 is 5.97 Å². The maximum Gasteiger partial charge on any atom is 0.327 e. The Morgan fingerprint density at radius 3 is 2.50 bits per heavy atom. The molecule has 110 valence electrons. The third-order valence-corrected chi connectivity index (χ3v) is 4.50. The fraction of sp³-hybridized carbons (Fsp3) is 0.588. The fourth-order valence-corrected chi connectivity index (χ4v) is 2.86. The van der Waals surface area contributed by atoms with Crippen LogP contribution in [0.4, 0.5) is 0 Å². The lowest BCUT2D eigenvalue weighted by Crippen LogP contribution is -2.42. The van der Waals surface area contributed by atoms with Crippen molar-refractivity contribution < 1.29 is 9.53 Å². The molecule has 1 saturated carbocycles. The Hall–Kier alpha value is -1.35. The van der Waals surface area contributed by atoms with Crippen molar-refractivity contribution in [2.45, 2.75) is 45.6 Å². The van der Waals surface area contributed by atoms with Crippen LogP contribution in [-0.2, 0) is 9.53 Å². The van der Waals surface area contributed by atoms with E-state index in [2.05, 4.69) is 12.2 Å². The minimum atomic E-state index is -0.347. The summed E-state index contributed by atoms with van der Waals surface area (Å²) in [6.45, 7) is 5.40. The smallest absolute Gasteiger partial charge is 0.327 e. The normalized spacial score (nSPS) is 18.1. The number of carbonyl (C=O) groups is 1. The number of hydrogen-bond donors (Lipinski definition) is 1. The molecule has 1 aromatic rings. The van der Waals surface area contributed by atoms with E-state index in [1.807, 2.05) is 37.3 Å². The van der Waals surface area contributed by atoms with Crippen LogP contribution in [0.3, 0.4) is 0 Å². The molecule has 0 bridgehead atoms. The summed E-state index contributed by atoms with van der Waals surface area (Å²) in [6.07, 6.45) is 5.01. The zero-order valence-electron chi connectivity index (χ0n) is 12.5. The monoisotopic (exact) mass is 275 g/mol. The van der Waals surface area contributed by atoms with Crippen molar-refractivity contribution in [2.24, 2.45) is 5.41 Å². The summed E-state index contributed by atoms with van der Waals surface area (Å²) in [5, 5.41) is 3.44. The van der Waals surface area contributed by atoms with Gasteiger partial charge in [0, 0.05) is 6.54 Å². The van der Waals surface area contributed by atoms with Crippen molar-refractivity contribution >= 4 is 5.97 Å². The predicted molar refractivity (Wildman–Crippen MR) is 80.4 cm³/mol. The second-order valence-corrected chi connectivity index (χ2v) is 5.68. The van der Waals surface area contributed by atoms with E-state index >= 15 is 0 Å². The summed E-state index contributed by atoms with van der Waals surface area (Å²) in [6, 6.07) is 9.50. The minimum Gasteiger partial charge on any atom is -0.465 e. The Balaban J connectivity index is 2.05. The predicted octanol–water partition coefficient (Wildman–Crippen LogP) is 3.46. The van der Waals surface area contributed by atoms with Crippen LogP contribution in [0.2, 0.25) is 0 Å². The molecule has 0 heterocycles. The third kappa shape index (κ3) is 3.40. The van der Waals surface area contributed by atoms with Crippen molar-refractivity contribution in [3.63, 3.8) is 0 Å². The molecule has 0 amide bonds. The van der Waals surface area contributed by atoms with E-state index in [1.165, 1.54) is 25.7 Å². The number of ether oxygens (including phenoxy) is 1. The number of esters is 1. The molecule has 0 aliphatic heterocycles. The van der Waals surface area contributed by atoms with Crippen LogP contribution in [0.1, 0.15) is 51.1 Å². The van der Waals surface area contributed by atoms with Crippen molar-refractivity contribution in [1.29, 1.82) is 0 Å². The molecule has 1 atom stereocenters. The van der Waals surface area contributed by atoms with Crippen molar-refractivity contribution in [1.82, 2.24) is 5.32 Å². The second kappa shape index (κ2) is 6.89. The molecule has 2 rings (SSSR count). The highest BCUT2D eigenvalue weighted by Crippen LogP contribution is 2.43. The summed E-state index contributed by atoms with van der Waals surface area (Å²) in [5.74, 6) is -0.177. The first-order valence-corrected chi connectivity index (χ1v) is 7.66. The van der Waals surface area contributed by atoms with Crippen LogP contribution in [0.15, 0.2) is 30.3 Å². The van der Waals surface area contributed by atoms with Gasteiger partial charge in [0.05, 0.1) is 6.61 Å². The molecule has 3 heteroatoms. The SMILES string of the molecule is CCOC(=O)C(NCC1(CC)CCC1)c1ccccc1. The Morgan fingerprint density at radius 1 is 1.30 bits per heavy atom. The first kappa shape index (κ1) is 15.0. The highest BCUT2D eigenvalue weighted by Gasteiger charge is 2.36. The number of nitrogens with one attached hydrogen (secondary N) is 1. The molecule has 1 N–H and O–H groups in total. The van der Waals surface area contributed by atoms with Gasteiger partial charge in [-0.1, -0.05) is 43.7 Å². The summed E-state index contributed by atoms with van der Waals surface area (Å²) < 4.78 is 5.21. The molecular formula is C17H25NO2. The minimum absolute atomic E-state index is 0.177. The summed E-state index contributed by atoms with van der Waals surface area (Å²) in [7, 11) is 0. The zero-order valence-corrected chi connectivity index (χ0v) is 12.5. The topological polar surface area (TPSA) is 38.3 Å². The van der Waals surface area contributed by atoms with E-state index in [9.17, 15) is 4.79 Å². The van der Waals surface area contributed by atoms with E-state index in [1.54, 1.807) is 0 Å². The lowest BCUT2D eigenvalue weighted by Gasteiger charge is -2.42. The largest absolute Gasteiger partial charge is 0.465 e. The van der Waals surface area contributed by atoms with Crippen molar-refractivity contribution in [2.75, 3.05) is 13.2 Å². The fourth-order valence-electron chi connectivity index (χ4n) is 2.86. The van der Waals surface area contributed by atoms with Gasteiger partial charge in [0.1, 0.15) is 6.04 Å². The molecule has 1 aromatic carbocycles. The molecule has 0 aromatic heterocycles. The Labute approximate surface area is 121 Å². The third-order valence-electron chi connectivity index (χ3n) is 4.50. The zero-order chi connectivity index (χ0) is 14.4. The quantitative estimate of drug-likeness (QED) is 0.774. The molecule has 1 unspecified atom stereocenters. The average Bonchev–Trinajstić information content (AvgIpc) is 2.43. The number of hydrogen-bond acceptors (Lipinski definition) is 3. The average molecular weight is 275 g/mol. The van der Waals surface area contributed by atoms with Crippen LogP contribution in [0, 0.1) is 5.41 Å². The van der Waals surface area contributed by atoms with Crippen LogP contribution < -0.4 is 5.32 Å².